The van der Waals surface area contributed by atoms with E-state index in [1.165, 1.54) is 4.88 Å². The number of rotatable bonds is 7. The van der Waals surface area contributed by atoms with Crippen LogP contribution in [-0.2, 0) is 26.1 Å². The van der Waals surface area contributed by atoms with E-state index in [9.17, 15) is 0 Å². The molecule has 23 heavy (non-hydrogen) atoms. The molecular weight excluding hydrogens is 425 g/mol. The lowest BCUT2D eigenvalue weighted by molar-refractivity contribution is 0.694. The lowest BCUT2D eigenvalue weighted by atomic mass is 10.4. The second kappa shape index (κ2) is 10.5. The number of guanidine groups is 1. The number of halogens is 1. The Balaban J connectivity index is 0.00000264. The SMILES string of the molecule is CCNC(=NCc1nncn1CC)NCc1ncc(CC)s1.I. The van der Waals surface area contributed by atoms with Crippen LogP contribution >= 0.6 is 35.3 Å². The highest BCUT2D eigenvalue weighted by Crippen LogP contribution is 2.12. The van der Waals surface area contributed by atoms with Gasteiger partial charge in [-0.15, -0.1) is 45.5 Å². The van der Waals surface area contributed by atoms with E-state index in [0.29, 0.717) is 13.1 Å². The quantitative estimate of drug-likeness (QED) is 0.385. The molecule has 0 spiro atoms. The summed E-state index contributed by atoms with van der Waals surface area (Å²) in [5, 5.41) is 15.6. The number of nitrogens with zero attached hydrogens (tertiary/aromatic N) is 5. The molecule has 9 heteroatoms. The van der Waals surface area contributed by atoms with Gasteiger partial charge in [0.15, 0.2) is 11.8 Å². The Morgan fingerprint density at radius 3 is 2.78 bits per heavy atom. The summed E-state index contributed by atoms with van der Waals surface area (Å²) in [4.78, 5) is 10.3. The van der Waals surface area contributed by atoms with Crippen LogP contribution in [0.25, 0.3) is 0 Å². The minimum atomic E-state index is 0. The summed E-state index contributed by atoms with van der Waals surface area (Å²) < 4.78 is 1.99. The zero-order chi connectivity index (χ0) is 15.8. The fraction of sp³-hybridized carbons (Fsp3) is 0.571. The number of aromatic nitrogens is 4. The van der Waals surface area contributed by atoms with E-state index >= 15 is 0 Å². The summed E-state index contributed by atoms with van der Waals surface area (Å²) in [5.74, 6) is 1.63. The van der Waals surface area contributed by atoms with Crippen molar-refractivity contribution in [3.8, 4) is 0 Å². The fourth-order valence-electron chi connectivity index (χ4n) is 1.91. The maximum atomic E-state index is 4.55. The molecule has 0 unspecified atom stereocenters. The van der Waals surface area contributed by atoms with E-state index in [-0.39, 0.29) is 24.0 Å². The van der Waals surface area contributed by atoms with Crippen LogP contribution in [0.15, 0.2) is 17.5 Å². The third-order valence-electron chi connectivity index (χ3n) is 3.12. The largest absolute Gasteiger partial charge is 0.357 e. The summed E-state index contributed by atoms with van der Waals surface area (Å²) in [5.41, 5.74) is 0. The third-order valence-corrected chi connectivity index (χ3v) is 4.26. The lowest BCUT2D eigenvalue weighted by Crippen LogP contribution is -2.36. The van der Waals surface area contributed by atoms with Gasteiger partial charge in [-0.1, -0.05) is 6.92 Å². The monoisotopic (exact) mass is 449 g/mol. The average Bonchev–Trinajstić information content (AvgIpc) is 3.18. The van der Waals surface area contributed by atoms with Gasteiger partial charge in [-0.25, -0.2) is 9.98 Å². The van der Waals surface area contributed by atoms with Gasteiger partial charge in [0.1, 0.15) is 17.9 Å². The van der Waals surface area contributed by atoms with Gasteiger partial charge in [0.05, 0.1) is 6.54 Å². The molecule has 0 amide bonds. The van der Waals surface area contributed by atoms with Gasteiger partial charge in [0, 0.05) is 24.2 Å². The molecule has 128 valence electrons. The molecule has 7 nitrogen and oxygen atoms in total. The molecule has 0 aliphatic carbocycles. The first-order chi connectivity index (χ1) is 10.8. The summed E-state index contributed by atoms with van der Waals surface area (Å²) in [6, 6.07) is 0. The second-order valence-electron chi connectivity index (χ2n) is 4.66. The Morgan fingerprint density at radius 2 is 2.13 bits per heavy atom. The zero-order valence-electron chi connectivity index (χ0n) is 13.7. The zero-order valence-corrected chi connectivity index (χ0v) is 16.9. The Morgan fingerprint density at radius 1 is 1.30 bits per heavy atom. The second-order valence-corrected chi connectivity index (χ2v) is 5.86. The van der Waals surface area contributed by atoms with Crippen molar-refractivity contribution in [3.63, 3.8) is 0 Å². The van der Waals surface area contributed by atoms with Crippen molar-refractivity contribution in [2.24, 2.45) is 4.99 Å². The summed E-state index contributed by atoms with van der Waals surface area (Å²) >= 11 is 1.73. The van der Waals surface area contributed by atoms with Crippen LogP contribution in [0, 0.1) is 0 Å². The van der Waals surface area contributed by atoms with Crippen LogP contribution in [0.1, 0.15) is 36.5 Å². The molecule has 0 atom stereocenters. The van der Waals surface area contributed by atoms with E-state index in [2.05, 4.69) is 44.7 Å². The predicted molar refractivity (Wildman–Crippen MR) is 104 cm³/mol. The van der Waals surface area contributed by atoms with Crippen LogP contribution in [0.3, 0.4) is 0 Å². The maximum absolute atomic E-state index is 4.55. The Labute approximate surface area is 158 Å². The molecule has 2 aromatic rings. The topological polar surface area (TPSA) is 80.0 Å². The normalized spacial score (nSPS) is 11.2. The molecule has 2 rings (SSSR count). The van der Waals surface area contributed by atoms with Crippen molar-refractivity contribution < 1.29 is 0 Å². The molecule has 0 aromatic carbocycles. The van der Waals surface area contributed by atoms with Crippen LogP contribution in [0.5, 0.6) is 0 Å². The molecule has 0 radical (unpaired) electrons. The molecule has 2 heterocycles. The molecule has 0 saturated heterocycles. The number of aliphatic imine (C=N–C) groups is 1. The molecule has 0 saturated carbocycles. The molecule has 0 aliphatic heterocycles. The highest BCUT2D eigenvalue weighted by Gasteiger charge is 2.05. The third kappa shape index (κ3) is 6.05. The first-order valence-corrected chi connectivity index (χ1v) is 8.40. The number of nitrogens with one attached hydrogen (secondary N) is 2. The standard InChI is InChI=1S/C14H23N7S.HI/c1-4-11-7-16-13(22-11)9-18-14(15-5-2)17-8-12-20-19-10-21(12)6-3;/h7,10H,4-6,8-9H2,1-3H3,(H2,15,17,18);1H. The van der Waals surface area contributed by atoms with Crippen LogP contribution < -0.4 is 10.6 Å². The van der Waals surface area contributed by atoms with E-state index in [1.54, 1.807) is 17.7 Å². The molecule has 0 aliphatic rings. The minimum Gasteiger partial charge on any atom is -0.357 e. The summed E-state index contributed by atoms with van der Waals surface area (Å²) in [7, 11) is 0. The van der Waals surface area contributed by atoms with Crippen molar-refractivity contribution >= 4 is 41.3 Å². The van der Waals surface area contributed by atoms with E-state index in [1.807, 2.05) is 17.7 Å². The van der Waals surface area contributed by atoms with Gasteiger partial charge in [-0.2, -0.15) is 0 Å². The summed E-state index contributed by atoms with van der Waals surface area (Å²) in [6.45, 7) is 9.08. The fourth-order valence-corrected chi connectivity index (χ4v) is 2.71. The summed E-state index contributed by atoms with van der Waals surface area (Å²) in [6.07, 6.45) is 4.70. The van der Waals surface area contributed by atoms with Gasteiger partial charge in [0.2, 0.25) is 0 Å². The first-order valence-electron chi connectivity index (χ1n) is 7.59. The van der Waals surface area contributed by atoms with Crippen molar-refractivity contribution in [1.82, 2.24) is 30.4 Å². The van der Waals surface area contributed by atoms with E-state index in [0.717, 1.165) is 36.3 Å². The first kappa shape index (κ1) is 19.8. The lowest BCUT2D eigenvalue weighted by Gasteiger charge is -2.10. The van der Waals surface area contributed by atoms with Gasteiger partial charge in [-0.3, -0.25) is 0 Å². The molecule has 2 aromatic heterocycles. The Kier molecular flexibility index (Phi) is 9.07. The highest BCUT2D eigenvalue weighted by molar-refractivity contribution is 14.0. The molecule has 0 bridgehead atoms. The van der Waals surface area contributed by atoms with Crippen molar-refractivity contribution in [2.45, 2.75) is 46.8 Å². The van der Waals surface area contributed by atoms with Crippen LogP contribution in [0.4, 0.5) is 0 Å². The number of thiazole rings is 1. The van der Waals surface area contributed by atoms with Gasteiger partial charge < -0.3 is 15.2 Å². The van der Waals surface area contributed by atoms with Gasteiger partial charge in [-0.05, 0) is 20.3 Å². The number of hydrogen-bond acceptors (Lipinski definition) is 5. The van der Waals surface area contributed by atoms with E-state index < -0.39 is 0 Å². The van der Waals surface area contributed by atoms with Crippen LogP contribution in [0.2, 0.25) is 0 Å². The minimum absolute atomic E-state index is 0. The Bertz CT molecular complexity index is 608. The molecule has 0 fully saturated rings. The number of hydrogen-bond donors (Lipinski definition) is 2. The highest BCUT2D eigenvalue weighted by atomic mass is 127. The predicted octanol–water partition coefficient (Wildman–Crippen LogP) is 2.19. The van der Waals surface area contributed by atoms with E-state index in [4.69, 9.17) is 0 Å². The maximum Gasteiger partial charge on any atom is 0.192 e. The Hall–Kier alpha value is -1.23. The van der Waals surface area contributed by atoms with Crippen molar-refractivity contribution in [3.05, 3.63) is 28.2 Å². The average molecular weight is 449 g/mol. The van der Waals surface area contributed by atoms with Gasteiger partial charge >= 0.3 is 0 Å². The van der Waals surface area contributed by atoms with Gasteiger partial charge in [0.25, 0.3) is 0 Å². The smallest absolute Gasteiger partial charge is 0.192 e. The molecular formula is C14H24IN7S. The van der Waals surface area contributed by atoms with Crippen molar-refractivity contribution in [2.75, 3.05) is 6.54 Å². The molecule has 2 N–H and O–H groups in total. The van der Waals surface area contributed by atoms with Crippen LogP contribution in [-0.4, -0.2) is 32.3 Å². The van der Waals surface area contributed by atoms with Crippen molar-refractivity contribution in [1.29, 1.82) is 0 Å². The number of aryl methyl sites for hydroxylation is 2.